The van der Waals surface area contributed by atoms with Crippen LogP contribution in [0.1, 0.15) is 77.0 Å². The number of ketones is 4. The maximum atomic E-state index is 12.9. The number of carbonyl (C=O) groups is 6. The quantitative estimate of drug-likeness (QED) is 0.478. The van der Waals surface area contributed by atoms with Crippen LogP contribution in [-0.4, -0.2) is 47.3 Å². The van der Waals surface area contributed by atoms with E-state index in [-0.39, 0.29) is 11.6 Å². The molecule has 0 spiro atoms. The zero-order valence-electron chi connectivity index (χ0n) is 18.2. The third kappa shape index (κ3) is 4.28. The second-order valence-corrected chi connectivity index (χ2v) is 9.57. The van der Waals surface area contributed by atoms with Gasteiger partial charge in [-0.3, -0.25) is 19.2 Å². The van der Waals surface area contributed by atoms with Gasteiger partial charge in [0.2, 0.25) is 11.6 Å². The van der Waals surface area contributed by atoms with Crippen molar-refractivity contribution in [3.05, 3.63) is 0 Å². The molecule has 0 unspecified atom stereocenters. The summed E-state index contributed by atoms with van der Waals surface area (Å²) in [6.45, 7) is 0. The van der Waals surface area contributed by atoms with Crippen molar-refractivity contribution in [3.63, 3.8) is 0 Å². The maximum absolute atomic E-state index is 12.9. The molecular weight excluding hydrogens is 416 g/mol. The minimum absolute atomic E-state index is 0.0967. The lowest BCUT2D eigenvalue weighted by molar-refractivity contribution is -0.159. The fourth-order valence-electron chi connectivity index (χ4n) is 5.93. The van der Waals surface area contributed by atoms with E-state index < -0.39 is 59.4 Å². The maximum Gasteiger partial charge on any atom is 0.375 e. The second kappa shape index (κ2) is 9.63. The van der Waals surface area contributed by atoms with Gasteiger partial charge in [-0.25, -0.2) is 9.59 Å². The Labute approximate surface area is 186 Å². The third-order valence-corrected chi connectivity index (χ3v) is 7.60. The molecule has 6 atom stereocenters. The van der Waals surface area contributed by atoms with E-state index in [4.69, 9.17) is 9.47 Å². The average Bonchev–Trinajstić information content (AvgIpc) is 3.19. The molecule has 4 rings (SSSR count). The van der Waals surface area contributed by atoms with Crippen LogP contribution < -0.4 is 0 Å². The van der Waals surface area contributed by atoms with Crippen LogP contribution in [0.5, 0.6) is 0 Å². The normalized spacial score (nSPS) is 37.4. The van der Waals surface area contributed by atoms with Crippen LogP contribution in [0.25, 0.3) is 0 Å². The lowest BCUT2D eigenvalue weighted by atomic mass is 9.71. The molecule has 0 radical (unpaired) electrons. The SMILES string of the molecule is O=C1O[C@H]([C@@H]2OC(=O)C(=O)[C@H]2[C@H]2CCCCCCC2=O)[C@H]([C@@H]2CCCCCCC2=O)C1=O. The van der Waals surface area contributed by atoms with Gasteiger partial charge < -0.3 is 9.47 Å². The molecule has 4 aliphatic rings. The molecule has 0 aromatic rings. The predicted molar refractivity (Wildman–Crippen MR) is 109 cm³/mol. The first-order chi connectivity index (χ1) is 15.4. The molecule has 0 N–H and O–H groups in total. The van der Waals surface area contributed by atoms with Gasteiger partial charge in [-0.05, 0) is 25.7 Å². The molecule has 0 amide bonds. The predicted octanol–water partition coefficient (Wildman–Crippen LogP) is 2.29. The van der Waals surface area contributed by atoms with E-state index in [0.717, 1.165) is 51.4 Å². The fraction of sp³-hybridized carbons (Fsp3) is 0.750. The van der Waals surface area contributed by atoms with E-state index in [1.165, 1.54) is 0 Å². The molecule has 4 fully saturated rings. The van der Waals surface area contributed by atoms with Crippen LogP contribution in [0, 0.1) is 23.7 Å². The van der Waals surface area contributed by atoms with E-state index in [0.29, 0.717) is 25.7 Å². The molecule has 2 aliphatic carbocycles. The molecular formula is C24H30O8. The van der Waals surface area contributed by atoms with E-state index in [1.54, 1.807) is 0 Å². The Hall–Kier alpha value is -2.38. The van der Waals surface area contributed by atoms with Crippen molar-refractivity contribution < 1.29 is 38.2 Å². The average molecular weight is 446 g/mol. The highest BCUT2D eigenvalue weighted by Crippen LogP contribution is 2.42. The van der Waals surface area contributed by atoms with E-state index in [2.05, 4.69) is 0 Å². The zero-order chi connectivity index (χ0) is 22.8. The van der Waals surface area contributed by atoms with Crippen LogP contribution in [0.3, 0.4) is 0 Å². The minimum Gasteiger partial charge on any atom is -0.452 e. The molecule has 2 saturated carbocycles. The summed E-state index contributed by atoms with van der Waals surface area (Å²) in [6.07, 6.45) is 5.82. The van der Waals surface area contributed by atoms with E-state index >= 15 is 0 Å². The summed E-state index contributed by atoms with van der Waals surface area (Å²) in [7, 11) is 0. The first kappa shape index (κ1) is 22.8. The van der Waals surface area contributed by atoms with Crippen LogP contribution in [0.2, 0.25) is 0 Å². The van der Waals surface area contributed by atoms with Gasteiger partial charge in [-0.2, -0.15) is 0 Å². The summed E-state index contributed by atoms with van der Waals surface area (Å²) >= 11 is 0. The lowest BCUT2D eigenvalue weighted by Gasteiger charge is -2.32. The minimum atomic E-state index is -1.21. The molecule has 2 heterocycles. The van der Waals surface area contributed by atoms with Crippen molar-refractivity contribution in [2.75, 3.05) is 0 Å². The van der Waals surface area contributed by atoms with E-state index in [9.17, 15) is 28.8 Å². The number of hydrogen-bond donors (Lipinski definition) is 0. The molecule has 2 saturated heterocycles. The Morgan fingerprint density at radius 2 is 0.875 bits per heavy atom. The van der Waals surface area contributed by atoms with Crippen molar-refractivity contribution in [3.8, 4) is 0 Å². The number of hydrogen-bond acceptors (Lipinski definition) is 8. The highest BCUT2D eigenvalue weighted by atomic mass is 16.6. The van der Waals surface area contributed by atoms with E-state index in [1.807, 2.05) is 0 Å². The Balaban J connectivity index is 1.66. The fourth-order valence-corrected chi connectivity index (χ4v) is 5.93. The summed E-state index contributed by atoms with van der Waals surface area (Å²) < 4.78 is 10.7. The molecule has 0 aromatic heterocycles. The summed E-state index contributed by atoms with van der Waals surface area (Å²) in [5, 5.41) is 0. The molecule has 8 nitrogen and oxygen atoms in total. The largest absolute Gasteiger partial charge is 0.452 e. The number of carbonyl (C=O) groups excluding carboxylic acids is 6. The standard InChI is InChI=1S/C24H30O8/c25-15-11-7-3-1-5-9-13(15)17-19(27)23(29)31-21(17)22-18(20(28)24(30)32-22)14-10-6-2-4-8-12-16(14)26/h13-14,17-18,21-22H,1-12H2/t13-,14+,17-,18-,21+,22-/m1/s1. The van der Waals surface area contributed by atoms with Gasteiger partial charge in [0.25, 0.3) is 0 Å². The van der Waals surface area contributed by atoms with Crippen molar-refractivity contribution in [2.45, 2.75) is 89.3 Å². The van der Waals surface area contributed by atoms with Gasteiger partial charge in [-0.1, -0.05) is 38.5 Å². The Morgan fingerprint density at radius 1 is 0.500 bits per heavy atom. The summed E-state index contributed by atoms with van der Waals surface area (Å²) in [4.78, 5) is 75.9. The zero-order valence-corrected chi connectivity index (χ0v) is 18.2. The first-order valence-electron chi connectivity index (χ1n) is 11.9. The highest BCUT2D eigenvalue weighted by molar-refractivity contribution is 6.38. The number of ether oxygens (including phenoxy) is 2. The number of rotatable bonds is 3. The molecule has 32 heavy (non-hydrogen) atoms. The topological polar surface area (TPSA) is 121 Å². The smallest absolute Gasteiger partial charge is 0.375 e. The van der Waals surface area contributed by atoms with Gasteiger partial charge in [0, 0.05) is 24.7 Å². The van der Waals surface area contributed by atoms with Gasteiger partial charge in [0.1, 0.15) is 11.6 Å². The van der Waals surface area contributed by atoms with Crippen molar-refractivity contribution in [2.24, 2.45) is 23.7 Å². The monoisotopic (exact) mass is 446 g/mol. The van der Waals surface area contributed by atoms with Gasteiger partial charge in [-0.15, -0.1) is 0 Å². The van der Waals surface area contributed by atoms with Crippen LogP contribution >= 0.6 is 0 Å². The number of cyclic esters (lactones) is 2. The second-order valence-electron chi connectivity index (χ2n) is 9.57. The van der Waals surface area contributed by atoms with Gasteiger partial charge in [0.05, 0.1) is 11.8 Å². The van der Waals surface area contributed by atoms with Gasteiger partial charge in [0.15, 0.2) is 12.2 Å². The Bertz CT molecular complexity index is 762. The molecule has 0 aromatic carbocycles. The Morgan fingerprint density at radius 3 is 1.28 bits per heavy atom. The number of Topliss-reactive ketones (excluding diaryl/α,β-unsaturated/α-hetero) is 4. The first-order valence-corrected chi connectivity index (χ1v) is 11.9. The van der Waals surface area contributed by atoms with Crippen molar-refractivity contribution >= 4 is 35.1 Å². The summed E-state index contributed by atoms with van der Waals surface area (Å²) in [6, 6.07) is 0. The molecule has 0 bridgehead atoms. The van der Waals surface area contributed by atoms with Crippen LogP contribution in [-0.2, 0) is 38.2 Å². The molecule has 174 valence electrons. The molecule has 8 heteroatoms. The molecule has 2 aliphatic heterocycles. The highest BCUT2D eigenvalue weighted by Gasteiger charge is 2.61. The van der Waals surface area contributed by atoms with Crippen LogP contribution in [0.4, 0.5) is 0 Å². The van der Waals surface area contributed by atoms with Crippen LogP contribution in [0.15, 0.2) is 0 Å². The third-order valence-electron chi connectivity index (χ3n) is 7.60. The summed E-state index contributed by atoms with van der Waals surface area (Å²) in [5.74, 6) is -7.49. The van der Waals surface area contributed by atoms with Gasteiger partial charge >= 0.3 is 11.9 Å². The number of esters is 2. The lowest BCUT2D eigenvalue weighted by Crippen LogP contribution is -2.46. The van der Waals surface area contributed by atoms with Crippen molar-refractivity contribution in [1.82, 2.24) is 0 Å². The Kier molecular flexibility index (Phi) is 6.86. The summed E-state index contributed by atoms with van der Waals surface area (Å²) in [5.41, 5.74) is 0. The van der Waals surface area contributed by atoms with Crippen molar-refractivity contribution in [1.29, 1.82) is 0 Å².